The molecule has 4 heteroatoms. The number of rotatable bonds is 3. The molecule has 2 fully saturated rings. The number of hydrogen-bond acceptors (Lipinski definition) is 1. The van der Waals surface area contributed by atoms with Gasteiger partial charge in [-0.3, -0.25) is 0 Å². The molecule has 21 heavy (non-hydrogen) atoms. The molecule has 0 saturated heterocycles. The number of halogens is 3. The maximum Gasteiger partial charge on any atom is 0.393 e. The van der Waals surface area contributed by atoms with Gasteiger partial charge in [-0.05, 0) is 37.2 Å². The van der Waals surface area contributed by atoms with Crippen LogP contribution in [0.2, 0.25) is 0 Å². The topological polar surface area (TPSA) is 12.0 Å². The van der Waals surface area contributed by atoms with E-state index < -0.39 is 12.1 Å². The molecule has 2 unspecified atom stereocenters. The molecular weight excluding hydrogens is 275 g/mol. The summed E-state index contributed by atoms with van der Waals surface area (Å²) in [5, 5.41) is 3.29. The summed E-state index contributed by atoms with van der Waals surface area (Å²) in [4.78, 5) is 0. The lowest BCUT2D eigenvalue weighted by atomic mass is 9.74. The first kappa shape index (κ1) is 14.9. The molecule has 3 rings (SSSR count). The molecule has 0 bridgehead atoms. The fourth-order valence-corrected chi connectivity index (χ4v) is 3.78. The first-order chi connectivity index (χ1) is 10.0. The highest BCUT2D eigenvalue weighted by atomic mass is 19.4. The molecule has 2 aliphatic carbocycles. The Balaban J connectivity index is 1.53. The van der Waals surface area contributed by atoms with Gasteiger partial charge in [0.2, 0.25) is 0 Å². The van der Waals surface area contributed by atoms with Gasteiger partial charge in [-0.2, -0.15) is 13.2 Å². The molecule has 2 saturated carbocycles. The van der Waals surface area contributed by atoms with Crippen molar-refractivity contribution in [3.63, 3.8) is 0 Å². The first-order valence-corrected chi connectivity index (χ1v) is 7.92. The van der Waals surface area contributed by atoms with Gasteiger partial charge in [-0.15, -0.1) is 0 Å². The number of alkyl halides is 3. The molecule has 0 aromatic heterocycles. The molecule has 1 nitrogen and oxygen atoms in total. The van der Waals surface area contributed by atoms with Gasteiger partial charge >= 0.3 is 6.18 Å². The van der Waals surface area contributed by atoms with Crippen molar-refractivity contribution in [3.05, 3.63) is 35.9 Å². The van der Waals surface area contributed by atoms with Gasteiger partial charge in [0.05, 0.1) is 5.92 Å². The summed E-state index contributed by atoms with van der Waals surface area (Å²) < 4.78 is 39.2. The van der Waals surface area contributed by atoms with Crippen LogP contribution >= 0.6 is 0 Å². The second-order valence-corrected chi connectivity index (χ2v) is 6.48. The lowest BCUT2D eigenvalue weighted by molar-refractivity contribution is -0.190. The predicted molar refractivity (Wildman–Crippen MR) is 77.1 cm³/mol. The largest absolute Gasteiger partial charge is 0.393 e. The molecular formula is C17H22F3N. The number of benzene rings is 1. The average Bonchev–Trinajstić information content (AvgIpc) is 2.43. The van der Waals surface area contributed by atoms with Crippen LogP contribution in [0.4, 0.5) is 13.2 Å². The Hall–Kier alpha value is -1.03. The molecule has 2 aliphatic rings. The van der Waals surface area contributed by atoms with E-state index in [0.29, 0.717) is 18.8 Å². The Bertz CT molecular complexity index is 451. The summed E-state index contributed by atoms with van der Waals surface area (Å²) in [6, 6.07) is 10.1. The van der Waals surface area contributed by atoms with Crippen LogP contribution in [-0.4, -0.2) is 18.3 Å². The highest BCUT2D eigenvalue weighted by Gasteiger charge is 2.46. The van der Waals surface area contributed by atoms with Crippen molar-refractivity contribution in [2.24, 2.45) is 5.92 Å². The van der Waals surface area contributed by atoms with E-state index in [2.05, 4.69) is 17.4 Å². The minimum Gasteiger partial charge on any atom is -0.311 e. The SMILES string of the molecule is FC(F)(F)C1CCCCC1NC1CC(c2ccccc2)C1. The third-order valence-electron chi connectivity index (χ3n) is 5.05. The third kappa shape index (κ3) is 3.42. The molecule has 2 atom stereocenters. The van der Waals surface area contributed by atoms with Crippen molar-refractivity contribution in [2.75, 3.05) is 0 Å². The molecule has 116 valence electrons. The molecule has 1 aromatic carbocycles. The molecule has 0 spiro atoms. The highest BCUT2D eigenvalue weighted by Crippen LogP contribution is 2.41. The monoisotopic (exact) mass is 297 g/mol. The Labute approximate surface area is 123 Å². The van der Waals surface area contributed by atoms with Crippen LogP contribution in [0.5, 0.6) is 0 Å². The summed E-state index contributed by atoms with van der Waals surface area (Å²) in [5.41, 5.74) is 1.31. The Morgan fingerprint density at radius 2 is 1.62 bits per heavy atom. The molecule has 0 heterocycles. The zero-order valence-corrected chi connectivity index (χ0v) is 12.1. The molecule has 0 aliphatic heterocycles. The average molecular weight is 297 g/mol. The van der Waals surface area contributed by atoms with Crippen molar-refractivity contribution in [3.8, 4) is 0 Å². The third-order valence-corrected chi connectivity index (χ3v) is 5.05. The van der Waals surface area contributed by atoms with Crippen LogP contribution in [0.15, 0.2) is 30.3 Å². The van der Waals surface area contributed by atoms with E-state index in [1.54, 1.807) is 0 Å². The minimum absolute atomic E-state index is 0.253. The van der Waals surface area contributed by atoms with Gasteiger partial charge in [-0.1, -0.05) is 43.2 Å². The number of nitrogens with one attached hydrogen (secondary N) is 1. The Kier molecular flexibility index (Phi) is 4.25. The summed E-state index contributed by atoms with van der Waals surface area (Å²) in [6.45, 7) is 0. The fourth-order valence-electron chi connectivity index (χ4n) is 3.78. The molecule has 1 aromatic rings. The fraction of sp³-hybridized carbons (Fsp3) is 0.647. The van der Waals surface area contributed by atoms with Gasteiger partial charge in [0, 0.05) is 12.1 Å². The van der Waals surface area contributed by atoms with Gasteiger partial charge in [-0.25, -0.2) is 0 Å². The smallest absolute Gasteiger partial charge is 0.311 e. The van der Waals surface area contributed by atoms with E-state index in [0.717, 1.165) is 19.3 Å². The first-order valence-electron chi connectivity index (χ1n) is 7.92. The zero-order valence-electron chi connectivity index (χ0n) is 12.1. The standard InChI is InChI=1S/C17H22F3N/c18-17(19,20)15-8-4-5-9-16(15)21-14-10-13(11-14)12-6-2-1-3-7-12/h1-3,6-7,13-16,21H,4-5,8-11H2. The van der Waals surface area contributed by atoms with Gasteiger partial charge in [0.25, 0.3) is 0 Å². The maximum atomic E-state index is 13.1. The van der Waals surface area contributed by atoms with Crippen molar-refractivity contribution < 1.29 is 13.2 Å². The van der Waals surface area contributed by atoms with Crippen molar-refractivity contribution in [1.82, 2.24) is 5.32 Å². The van der Waals surface area contributed by atoms with E-state index in [4.69, 9.17) is 0 Å². The minimum atomic E-state index is -4.05. The van der Waals surface area contributed by atoms with Gasteiger partial charge in [0.15, 0.2) is 0 Å². The summed E-state index contributed by atoms with van der Waals surface area (Å²) in [7, 11) is 0. The van der Waals surface area contributed by atoms with Crippen LogP contribution in [-0.2, 0) is 0 Å². The summed E-state index contributed by atoms with van der Waals surface area (Å²) >= 11 is 0. The quantitative estimate of drug-likeness (QED) is 0.856. The molecule has 0 radical (unpaired) electrons. The maximum absolute atomic E-state index is 13.1. The second-order valence-electron chi connectivity index (χ2n) is 6.48. The van der Waals surface area contributed by atoms with E-state index >= 15 is 0 Å². The lowest BCUT2D eigenvalue weighted by Crippen LogP contribution is -2.52. The van der Waals surface area contributed by atoms with E-state index in [9.17, 15) is 13.2 Å². The summed E-state index contributed by atoms with van der Waals surface area (Å²) in [5.74, 6) is -0.640. The van der Waals surface area contributed by atoms with Crippen LogP contribution in [0, 0.1) is 5.92 Å². The highest BCUT2D eigenvalue weighted by molar-refractivity contribution is 5.22. The Morgan fingerprint density at radius 1 is 0.952 bits per heavy atom. The van der Waals surface area contributed by atoms with E-state index in [1.807, 2.05) is 18.2 Å². The van der Waals surface area contributed by atoms with Gasteiger partial charge < -0.3 is 5.32 Å². The second kappa shape index (κ2) is 5.99. The summed E-state index contributed by atoms with van der Waals surface area (Å²) in [6.07, 6.45) is 0.447. The number of hydrogen-bond donors (Lipinski definition) is 1. The van der Waals surface area contributed by atoms with E-state index in [-0.39, 0.29) is 18.5 Å². The van der Waals surface area contributed by atoms with Crippen molar-refractivity contribution in [2.45, 2.75) is 62.7 Å². The van der Waals surface area contributed by atoms with E-state index in [1.165, 1.54) is 5.56 Å². The lowest BCUT2D eigenvalue weighted by Gasteiger charge is -2.42. The van der Waals surface area contributed by atoms with Crippen LogP contribution in [0.3, 0.4) is 0 Å². The van der Waals surface area contributed by atoms with Gasteiger partial charge in [0.1, 0.15) is 0 Å². The predicted octanol–water partition coefficient (Wildman–Crippen LogP) is 4.64. The van der Waals surface area contributed by atoms with Crippen LogP contribution in [0.25, 0.3) is 0 Å². The van der Waals surface area contributed by atoms with Crippen LogP contribution < -0.4 is 5.32 Å². The van der Waals surface area contributed by atoms with Crippen molar-refractivity contribution >= 4 is 0 Å². The molecule has 0 amide bonds. The van der Waals surface area contributed by atoms with Crippen LogP contribution in [0.1, 0.15) is 50.0 Å². The normalized spacial score (nSPS) is 33.5. The zero-order chi connectivity index (χ0) is 14.9. The van der Waals surface area contributed by atoms with Crippen molar-refractivity contribution in [1.29, 1.82) is 0 Å². The Morgan fingerprint density at radius 3 is 2.29 bits per heavy atom. The molecule has 1 N–H and O–H groups in total.